The van der Waals surface area contributed by atoms with Crippen LogP contribution in [0.2, 0.25) is 0 Å². The van der Waals surface area contributed by atoms with Crippen LogP contribution in [0, 0.1) is 0 Å². The average Bonchev–Trinajstić information content (AvgIpc) is 2.46. The van der Waals surface area contributed by atoms with Gasteiger partial charge in [0.15, 0.2) is 5.03 Å². The molecule has 106 valence electrons. The summed E-state index contributed by atoms with van der Waals surface area (Å²) in [4.78, 5) is 7.68. The Bertz CT molecular complexity index is 644. The minimum atomic E-state index is -3.80. The van der Waals surface area contributed by atoms with Crippen LogP contribution in [0.3, 0.4) is 0 Å². The molecule has 0 saturated carbocycles. The second kappa shape index (κ2) is 6.35. The molecule has 2 N–H and O–H groups in total. The lowest BCUT2D eigenvalue weighted by Gasteiger charge is -2.06. The first kappa shape index (κ1) is 14.3. The average molecular weight is 294 g/mol. The number of hydrogen-bond donors (Lipinski definition) is 2. The van der Waals surface area contributed by atoms with Crippen molar-refractivity contribution >= 4 is 16.0 Å². The SMILES string of the molecule is CCNCc1ccc(S(=O)(=O)Nc2nccnn2)nc1. The Kier molecular flexibility index (Phi) is 4.53. The van der Waals surface area contributed by atoms with E-state index in [1.807, 2.05) is 6.92 Å². The monoisotopic (exact) mass is 294 g/mol. The second-order valence-electron chi connectivity index (χ2n) is 3.86. The summed E-state index contributed by atoms with van der Waals surface area (Å²) in [6.45, 7) is 3.47. The summed E-state index contributed by atoms with van der Waals surface area (Å²) < 4.78 is 26.3. The van der Waals surface area contributed by atoms with E-state index in [1.165, 1.54) is 24.7 Å². The standard InChI is InChI=1S/C11H14N6O2S/c1-2-12-7-9-3-4-10(14-8-9)20(18,19)17-11-13-5-6-15-16-11/h3-6,8,12H,2,7H2,1H3,(H,13,16,17). The third-order valence-corrected chi connectivity index (χ3v) is 3.60. The smallest absolute Gasteiger partial charge is 0.281 e. The molecule has 0 saturated heterocycles. The van der Waals surface area contributed by atoms with Crippen molar-refractivity contribution in [1.82, 2.24) is 25.5 Å². The molecule has 0 aliphatic rings. The van der Waals surface area contributed by atoms with Gasteiger partial charge in [0.1, 0.15) is 0 Å². The largest absolute Gasteiger partial charge is 0.313 e. The van der Waals surface area contributed by atoms with Gasteiger partial charge in [-0.25, -0.2) is 14.7 Å². The number of aromatic nitrogens is 4. The molecule has 2 heterocycles. The van der Waals surface area contributed by atoms with Crippen molar-refractivity contribution in [1.29, 1.82) is 0 Å². The molecule has 0 aliphatic carbocycles. The summed E-state index contributed by atoms with van der Waals surface area (Å²) in [5.74, 6) is -0.0916. The first-order chi connectivity index (χ1) is 9.62. The Labute approximate surface area is 116 Å². The van der Waals surface area contributed by atoms with Crippen molar-refractivity contribution < 1.29 is 8.42 Å². The Hall–Kier alpha value is -2.13. The van der Waals surface area contributed by atoms with E-state index in [2.05, 4.69) is 30.2 Å². The Balaban J connectivity index is 2.13. The van der Waals surface area contributed by atoms with Crippen molar-refractivity contribution in [3.8, 4) is 0 Å². The summed E-state index contributed by atoms with van der Waals surface area (Å²) in [6, 6.07) is 3.14. The van der Waals surface area contributed by atoms with E-state index in [-0.39, 0.29) is 11.0 Å². The van der Waals surface area contributed by atoms with Crippen LogP contribution in [-0.4, -0.2) is 35.1 Å². The quantitative estimate of drug-likeness (QED) is 0.781. The molecule has 2 rings (SSSR count). The lowest BCUT2D eigenvalue weighted by atomic mass is 10.3. The van der Waals surface area contributed by atoms with Gasteiger partial charge in [-0.2, -0.15) is 13.5 Å². The van der Waals surface area contributed by atoms with Crippen LogP contribution in [0.25, 0.3) is 0 Å². The van der Waals surface area contributed by atoms with Gasteiger partial charge in [-0.3, -0.25) is 0 Å². The number of anilines is 1. The summed E-state index contributed by atoms with van der Waals surface area (Å²) >= 11 is 0. The number of sulfonamides is 1. The molecular formula is C11H14N6O2S. The van der Waals surface area contributed by atoms with E-state index < -0.39 is 10.0 Å². The highest BCUT2D eigenvalue weighted by Crippen LogP contribution is 2.10. The van der Waals surface area contributed by atoms with Crippen LogP contribution in [0.4, 0.5) is 5.95 Å². The van der Waals surface area contributed by atoms with E-state index in [0.29, 0.717) is 6.54 Å². The Morgan fingerprint density at radius 1 is 1.20 bits per heavy atom. The van der Waals surface area contributed by atoms with Crippen LogP contribution in [0.5, 0.6) is 0 Å². The van der Waals surface area contributed by atoms with Gasteiger partial charge in [0.05, 0.1) is 12.4 Å². The van der Waals surface area contributed by atoms with Gasteiger partial charge in [0.25, 0.3) is 16.0 Å². The van der Waals surface area contributed by atoms with Crippen LogP contribution < -0.4 is 10.0 Å². The lowest BCUT2D eigenvalue weighted by Crippen LogP contribution is -2.17. The lowest BCUT2D eigenvalue weighted by molar-refractivity contribution is 0.596. The highest BCUT2D eigenvalue weighted by atomic mass is 32.2. The van der Waals surface area contributed by atoms with Crippen LogP contribution >= 0.6 is 0 Å². The number of nitrogens with one attached hydrogen (secondary N) is 2. The maximum Gasteiger partial charge on any atom is 0.281 e. The molecule has 0 atom stereocenters. The predicted octanol–water partition coefficient (Wildman–Crippen LogP) is 0.177. The molecule has 0 aromatic carbocycles. The molecule has 0 aliphatic heterocycles. The molecular weight excluding hydrogens is 280 g/mol. The molecule has 20 heavy (non-hydrogen) atoms. The van der Waals surface area contributed by atoms with Crippen molar-refractivity contribution in [3.05, 3.63) is 36.3 Å². The molecule has 0 unspecified atom stereocenters. The maximum atomic E-state index is 12.0. The van der Waals surface area contributed by atoms with Gasteiger partial charge in [-0.15, -0.1) is 5.10 Å². The summed E-state index contributed by atoms with van der Waals surface area (Å²) in [7, 11) is -3.80. The fraction of sp³-hybridized carbons (Fsp3) is 0.273. The topological polar surface area (TPSA) is 110 Å². The first-order valence-electron chi connectivity index (χ1n) is 5.94. The number of pyridine rings is 1. The molecule has 2 aromatic heterocycles. The molecule has 0 fully saturated rings. The number of nitrogens with zero attached hydrogens (tertiary/aromatic N) is 4. The molecule has 2 aromatic rings. The van der Waals surface area contributed by atoms with Crippen LogP contribution in [-0.2, 0) is 16.6 Å². The van der Waals surface area contributed by atoms with E-state index in [9.17, 15) is 8.42 Å². The number of hydrogen-bond acceptors (Lipinski definition) is 7. The van der Waals surface area contributed by atoms with Gasteiger partial charge in [-0.05, 0) is 18.2 Å². The zero-order chi connectivity index (χ0) is 14.4. The van der Waals surface area contributed by atoms with Gasteiger partial charge in [0.2, 0.25) is 0 Å². The summed E-state index contributed by atoms with van der Waals surface area (Å²) in [6.07, 6.45) is 4.21. The first-order valence-corrected chi connectivity index (χ1v) is 7.42. The Morgan fingerprint density at radius 3 is 2.65 bits per heavy atom. The summed E-state index contributed by atoms with van der Waals surface area (Å²) in [5.41, 5.74) is 0.906. The van der Waals surface area contributed by atoms with Crippen molar-refractivity contribution in [2.24, 2.45) is 0 Å². The van der Waals surface area contributed by atoms with Crippen molar-refractivity contribution in [3.63, 3.8) is 0 Å². The third-order valence-electron chi connectivity index (χ3n) is 2.36. The third kappa shape index (κ3) is 3.68. The van der Waals surface area contributed by atoms with Crippen molar-refractivity contribution in [2.45, 2.75) is 18.5 Å². The van der Waals surface area contributed by atoms with Crippen LogP contribution in [0.15, 0.2) is 35.7 Å². The molecule has 0 amide bonds. The number of rotatable bonds is 6. The molecule has 9 heteroatoms. The highest BCUT2D eigenvalue weighted by molar-refractivity contribution is 7.92. The fourth-order valence-electron chi connectivity index (χ4n) is 1.41. The van der Waals surface area contributed by atoms with E-state index in [4.69, 9.17) is 0 Å². The van der Waals surface area contributed by atoms with E-state index in [1.54, 1.807) is 6.07 Å². The van der Waals surface area contributed by atoms with Crippen LogP contribution in [0.1, 0.15) is 12.5 Å². The van der Waals surface area contributed by atoms with Gasteiger partial charge >= 0.3 is 0 Å². The second-order valence-corrected chi connectivity index (χ2v) is 5.49. The van der Waals surface area contributed by atoms with Gasteiger partial charge in [-0.1, -0.05) is 13.0 Å². The molecule has 0 bridgehead atoms. The fourth-order valence-corrected chi connectivity index (χ4v) is 2.29. The molecule has 0 radical (unpaired) electrons. The minimum absolute atomic E-state index is 0.0916. The maximum absolute atomic E-state index is 12.0. The predicted molar refractivity (Wildman–Crippen MR) is 72.3 cm³/mol. The summed E-state index contributed by atoms with van der Waals surface area (Å²) in [5, 5.41) is 10.1. The van der Waals surface area contributed by atoms with Gasteiger partial charge in [0, 0.05) is 12.7 Å². The zero-order valence-corrected chi connectivity index (χ0v) is 11.6. The molecule has 8 nitrogen and oxygen atoms in total. The molecule has 0 spiro atoms. The normalized spacial score (nSPS) is 11.2. The van der Waals surface area contributed by atoms with E-state index in [0.717, 1.165) is 12.1 Å². The minimum Gasteiger partial charge on any atom is -0.313 e. The van der Waals surface area contributed by atoms with E-state index >= 15 is 0 Å². The van der Waals surface area contributed by atoms with Crippen molar-refractivity contribution in [2.75, 3.05) is 11.3 Å². The zero-order valence-electron chi connectivity index (χ0n) is 10.8. The Morgan fingerprint density at radius 2 is 2.05 bits per heavy atom. The highest BCUT2D eigenvalue weighted by Gasteiger charge is 2.17. The van der Waals surface area contributed by atoms with Gasteiger partial charge < -0.3 is 5.32 Å².